The minimum Gasteiger partial charge on any atom is -0.505 e. The summed E-state index contributed by atoms with van der Waals surface area (Å²) in [6.45, 7) is 0. The van der Waals surface area contributed by atoms with Crippen LogP contribution in [-0.2, 0) is 0 Å². The maximum absolute atomic E-state index is 13.8. The molecule has 7 heteroatoms. The Morgan fingerprint density at radius 1 is 1.10 bits per heavy atom. The average Bonchev–Trinajstić information content (AvgIpc) is 2.41. The molecule has 0 fully saturated rings. The summed E-state index contributed by atoms with van der Waals surface area (Å²) in [7, 11) is 0. The fourth-order valence-corrected chi connectivity index (χ4v) is 2.12. The number of halogens is 3. The fourth-order valence-electron chi connectivity index (χ4n) is 2.12. The van der Waals surface area contributed by atoms with Crippen LogP contribution in [0, 0.1) is 17.5 Å². The van der Waals surface area contributed by atoms with Gasteiger partial charge in [0.05, 0.1) is 16.6 Å². The Kier molecular flexibility index (Phi) is 2.90. The zero-order chi connectivity index (χ0) is 15.1. The Hall–Kier alpha value is -2.83. The minimum atomic E-state index is -1.29. The van der Waals surface area contributed by atoms with Crippen molar-refractivity contribution in [2.75, 3.05) is 0 Å². The molecule has 0 saturated heterocycles. The van der Waals surface area contributed by atoms with E-state index in [1.165, 1.54) is 18.3 Å². The van der Waals surface area contributed by atoms with Gasteiger partial charge < -0.3 is 10.1 Å². The van der Waals surface area contributed by atoms with Gasteiger partial charge in [-0.3, -0.25) is 9.78 Å². The Morgan fingerprint density at radius 3 is 2.43 bits per heavy atom. The van der Waals surface area contributed by atoms with Gasteiger partial charge in [-0.05, 0) is 12.1 Å². The van der Waals surface area contributed by atoms with Crippen LogP contribution >= 0.6 is 0 Å². The molecule has 3 aromatic rings. The molecule has 3 rings (SSSR count). The summed E-state index contributed by atoms with van der Waals surface area (Å²) in [5.74, 6) is -4.37. The monoisotopic (exact) mass is 292 g/mol. The Morgan fingerprint density at radius 2 is 1.76 bits per heavy atom. The predicted octanol–water partition coefficient (Wildman–Crippen LogP) is 2.71. The first-order valence-electron chi connectivity index (χ1n) is 5.84. The zero-order valence-electron chi connectivity index (χ0n) is 10.3. The highest BCUT2D eigenvalue weighted by atomic mass is 19.1. The number of pyridine rings is 2. The van der Waals surface area contributed by atoms with Crippen LogP contribution in [0.5, 0.6) is 5.75 Å². The summed E-state index contributed by atoms with van der Waals surface area (Å²) in [6, 6.07) is 3.86. The molecular weight excluding hydrogens is 285 g/mol. The van der Waals surface area contributed by atoms with Crippen LogP contribution in [0.2, 0.25) is 0 Å². The normalized spacial score (nSPS) is 11.0. The van der Waals surface area contributed by atoms with Crippen LogP contribution in [0.3, 0.4) is 0 Å². The maximum Gasteiger partial charge on any atom is 0.260 e. The van der Waals surface area contributed by atoms with E-state index in [0.29, 0.717) is 12.1 Å². The number of benzene rings is 1. The van der Waals surface area contributed by atoms with Gasteiger partial charge in [0.2, 0.25) is 0 Å². The molecule has 106 valence electrons. The summed E-state index contributed by atoms with van der Waals surface area (Å²) in [5.41, 5.74) is -2.14. The summed E-state index contributed by atoms with van der Waals surface area (Å²) >= 11 is 0. The van der Waals surface area contributed by atoms with E-state index in [1.54, 1.807) is 0 Å². The van der Waals surface area contributed by atoms with Crippen molar-refractivity contribution in [2.24, 2.45) is 0 Å². The molecule has 0 unspecified atom stereocenters. The van der Waals surface area contributed by atoms with Crippen LogP contribution < -0.4 is 5.56 Å². The SMILES string of the molecule is O=c1[nH]c2cccnc2c(O)c1-c1c(F)cc(F)cc1F. The standard InChI is InChI=1S/C14H7F3N2O2/c15-6-4-7(16)10(8(17)5-6)11-13(20)12-9(19-14(11)21)2-1-3-18-12/h1-5H,(H2,19,20,21). The van der Waals surface area contributed by atoms with E-state index < -0.39 is 39.9 Å². The first-order chi connectivity index (χ1) is 9.99. The van der Waals surface area contributed by atoms with Crippen molar-refractivity contribution >= 4 is 11.0 Å². The van der Waals surface area contributed by atoms with Gasteiger partial charge >= 0.3 is 0 Å². The lowest BCUT2D eigenvalue weighted by Gasteiger charge is -2.09. The second-order valence-electron chi connectivity index (χ2n) is 4.32. The summed E-state index contributed by atoms with van der Waals surface area (Å²) < 4.78 is 40.5. The number of aromatic nitrogens is 2. The Balaban J connectivity index is 2.44. The number of hydrogen-bond donors (Lipinski definition) is 2. The van der Waals surface area contributed by atoms with Gasteiger partial charge in [-0.25, -0.2) is 13.2 Å². The number of H-pyrrole nitrogens is 1. The van der Waals surface area contributed by atoms with E-state index in [9.17, 15) is 23.1 Å². The number of rotatable bonds is 1. The van der Waals surface area contributed by atoms with Crippen LogP contribution in [0.15, 0.2) is 35.3 Å². The molecule has 0 spiro atoms. The molecule has 0 radical (unpaired) electrons. The molecule has 0 amide bonds. The van der Waals surface area contributed by atoms with Crippen molar-refractivity contribution in [1.29, 1.82) is 0 Å². The molecule has 0 aliphatic heterocycles. The molecule has 0 aliphatic carbocycles. The number of aromatic amines is 1. The molecule has 4 nitrogen and oxygen atoms in total. The highest BCUT2D eigenvalue weighted by molar-refractivity contribution is 5.88. The van der Waals surface area contributed by atoms with Crippen molar-refractivity contribution in [3.63, 3.8) is 0 Å². The Labute approximate surface area is 115 Å². The fraction of sp³-hybridized carbons (Fsp3) is 0. The number of fused-ring (bicyclic) bond motifs is 1. The minimum absolute atomic E-state index is 0.0183. The van der Waals surface area contributed by atoms with Crippen LogP contribution in [0.4, 0.5) is 13.2 Å². The quantitative estimate of drug-likeness (QED) is 0.724. The number of nitrogens with zero attached hydrogens (tertiary/aromatic N) is 1. The first-order valence-corrected chi connectivity index (χ1v) is 5.84. The second kappa shape index (κ2) is 4.62. The van der Waals surface area contributed by atoms with Gasteiger partial charge in [0.25, 0.3) is 5.56 Å². The predicted molar refractivity (Wildman–Crippen MR) is 69.3 cm³/mol. The van der Waals surface area contributed by atoms with Gasteiger partial charge in [0, 0.05) is 18.3 Å². The van der Waals surface area contributed by atoms with E-state index >= 15 is 0 Å². The maximum atomic E-state index is 13.8. The van der Waals surface area contributed by atoms with E-state index in [-0.39, 0.29) is 11.0 Å². The van der Waals surface area contributed by atoms with Crippen molar-refractivity contribution in [3.8, 4) is 16.9 Å². The Bertz CT molecular complexity index is 899. The van der Waals surface area contributed by atoms with Gasteiger partial charge in [-0.15, -0.1) is 0 Å². The third-order valence-electron chi connectivity index (χ3n) is 3.00. The number of aromatic hydroxyl groups is 1. The van der Waals surface area contributed by atoms with Crippen molar-refractivity contribution < 1.29 is 18.3 Å². The van der Waals surface area contributed by atoms with Crippen molar-refractivity contribution in [2.45, 2.75) is 0 Å². The molecule has 2 aromatic heterocycles. The number of hydrogen-bond acceptors (Lipinski definition) is 3. The largest absolute Gasteiger partial charge is 0.505 e. The third-order valence-corrected chi connectivity index (χ3v) is 3.00. The van der Waals surface area contributed by atoms with Gasteiger partial charge in [0.1, 0.15) is 23.0 Å². The molecule has 21 heavy (non-hydrogen) atoms. The number of nitrogens with one attached hydrogen (secondary N) is 1. The highest BCUT2D eigenvalue weighted by Crippen LogP contribution is 2.34. The van der Waals surface area contributed by atoms with E-state index in [4.69, 9.17) is 0 Å². The highest BCUT2D eigenvalue weighted by Gasteiger charge is 2.22. The van der Waals surface area contributed by atoms with Crippen LogP contribution in [0.25, 0.3) is 22.2 Å². The molecular formula is C14H7F3N2O2. The lowest BCUT2D eigenvalue weighted by molar-refractivity contribution is 0.479. The smallest absolute Gasteiger partial charge is 0.260 e. The lowest BCUT2D eigenvalue weighted by atomic mass is 10.0. The molecule has 0 bridgehead atoms. The van der Waals surface area contributed by atoms with E-state index in [2.05, 4.69) is 9.97 Å². The molecule has 0 saturated carbocycles. The zero-order valence-corrected chi connectivity index (χ0v) is 10.3. The molecule has 2 heterocycles. The van der Waals surface area contributed by atoms with Crippen LogP contribution in [0.1, 0.15) is 0 Å². The van der Waals surface area contributed by atoms with Gasteiger partial charge in [-0.2, -0.15) is 0 Å². The first kappa shape index (κ1) is 13.2. The topological polar surface area (TPSA) is 66.0 Å². The van der Waals surface area contributed by atoms with Gasteiger partial charge in [-0.1, -0.05) is 0 Å². The average molecular weight is 292 g/mol. The summed E-state index contributed by atoms with van der Waals surface area (Å²) in [4.78, 5) is 18.2. The van der Waals surface area contributed by atoms with E-state index in [0.717, 1.165) is 0 Å². The van der Waals surface area contributed by atoms with Crippen molar-refractivity contribution in [3.05, 3.63) is 58.3 Å². The lowest BCUT2D eigenvalue weighted by Crippen LogP contribution is -2.12. The van der Waals surface area contributed by atoms with E-state index in [1.807, 2.05) is 0 Å². The molecule has 0 atom stereocenters. The van der Waals surface area contributed by atoms with Crippen LogP contribution in [-0.4, -0.2) is 15.1 Å². The molecule has 1 aromatic carbocycles. The second-order valence-corrected chi connectivity index (χ2v) is 4.32. The van der Waals surface area contributed by atoms with Gasteiger partial charge in [0.15, 0.2) is 5.75 Å². The van der Waals surface area contributed by atoms with Crippen molar-refractivity contribution in [1.82, 2.24) is 9.97 Å². The third kappa shape index (κ3) is 2.03. The molecule has 2 N–H and O–H groups in total. The molecule has 0 aliphatic rings. The summed E-state index contributed by atoms with van der Waals surface area (Å²) in [5, 5.41) is 10.1. The summed E-state index contributed by atoms with van der Waals surface area (Å²) in [6.07, 6.45) is 1.35.